The number of nitrogens with zero attached hydrogens (tertiary/aromatic N) is 1. The van der Waals surface area contributed by atoms with Crippen LogP contribution in [0.15, 0.2) is 0 Å². The molecule has 1 aliphatic rings. The van der Waals surface area contributed by atoms with Gasteiger partial charge in [-0.15, -0.1) is 0 Å². The highest BCUT2D eigenvalue weighted by Gasteiger charge is 2.34. The Morgan fingerprint density at radius 3 is 2.18 bits per heavy atom. The predicted molar refractivity (Wildman–Crippen MR) is 44.8 cm³/mol. The molecule has 0 amide bonds. The minimum Gasteiger partial charge on any atom is -0.377 e. The van der Waals surface area contributed by atoms with Crippen molar-refractivity contribution in [1.82, 2.24) is 10.4 Å². The van der Waals surface area contributed by atoms with E-state index in [4.69, 9.17) is 0 Å². The average Bonchev–Trinajstić information content (AvgIpc) is 2.11. The second-order valence-corrected chi connectivity index (χ2v) is 4.37. The zero-order chi connectivity index (χ0) is 8.65. The van der Waals surface area contributed by atoms with Crippen molar-refractivity contribution in [3.63, 3.8) is 0 Å². The van der Waals surface area contributed by atoms with Gasteiger partial charge in [0.2, 0.25) is 0 Å². The van der Waals surface area contributed by atoms with Crippen LogP contribution in [0.5, 0.6) is 0 Å². The van der Waals surface area contributed by atoms with Crippen molar-refractivity contribution in [3.8, 4) is 0 Å². The molecule has 2 N–H and O–H groups in total. The monoisotopic (exact) mass is 158 g/mol. The van der Waals surface area contributed by atoms with Crippen LogP contribution < -0.4 is 5.43 Å². The van der Waals surface area contributed by atoms with E-state index in [-0.39, 0.29) is 11.6 Å². The van der Waals surface area contributed by atoms with Crippen LogP contribution in [0.25, 0.3) is 0 Å². The van der Waals surface area contributed by atoms with Crippen molar-refractivity contribution in [2.75, 3.05) is 7.05 Å². The third kappa shape index (κ3) is 1.92. The van der Waals surface area contributed by atoms with Crippen molar-refractivity contribution < 1.29 is 5.11 Å². The van der Waals surface area contributed by atoms with Crippen molar-refractivity contribution in [1.29, 1.82) is 0 Å². The fourth-order valence-corrected chi connectivity index (χ4v) is 1.30. The summed E-state index contributed by atoms with van der Waals surface area (Å²) in [6.07, 6.45) is 0.499. The largest absolute Gasteiger partial charge is 0.377 e. The summed E-state index contributed by atoms with van der Waals surface area (Å²) in [7, 11) is 1.87. The highest BCUT2D eigenvalue weighted by atomic mass is 16.3. The maximum atomic E-state index is 9.39. The van der Waals surface area contributed by atoms with Gasteiger partial charge in [-0.1, -0.05) is 20.8 Å². The summed E-state index contributed by atoms with van der Waals surface area (Å²) in [6, 6.07) is 0.391. The molecule has 0 aromatic rings. The Hall–Kier alpha value is -0.120. The van der Waals surface area contributed by atoms with Crippen LogP contribution in [0.1, 0.15) is 27.2 Å². The third-order valence-electron chi connectivity index (χ3n) is 2.30. The minimum absolute atomic E-state index is 0.228. The second-order valence-electron chi connectivity index (χ2n) is 4.37. The molecule has 1 saturated heterocycles. The summed E-state index contributed by atoms with van der Waals surface area (Å²) in [6.45, 7) is 6.53. The summed E-state index contributed by atoms with van der Waals surface area (Å²) in [4.78, 5) is 0. The Kier molecular flexibility index (Phi) is 2.23. The third-order valence-corrected chi connectivity index (χ3v) is 2.30. The number of hydrogen-bond acceptors (Lipinski definition) is 3. The maximum absolute atomic E-state index is 9.39. The minimum atomic E-state index is -0.320. The molecular formula is C8H18N2O. The Balaban J connectivity index is 2.54. The molecule has 66 valence electrons. The zero-order valence-electron chi connectivity index (χ0n) is 7.76. The molecule has 1 rings (SSSR count). The smallest absolute Gasteiger partial charge is 0.121 e. The van der Waals surface area contributed by atoms with Crippen LogP contribution in [0, 0.1) is 5.41 Å². The van der Waals surface area contributed by atoms with Crippen LogP contribution >= 0.6 is 0 Å². The van der Waals surface area contributed by atoms with Gasteiger partial charge in [-0.2, -0.15) is 0 Å². The molecule has 0 radical (unpaired) electrons. The highest BCUT2D eigenvalue weighted by molar-refractivity contribution is 4.85. The Morgan fingerprint density at radius 2 is 2.00 bits per heavy atom. The predicted octanol–water partition coefficient (Wildman–Crippen LogP) is 0.560. The normalized spacial score (nSPS) is 34.6. The number of hydrazine groups is 1. The number of aliphatic hydroxyl groups is 1. The molecular weight excluding hydrogens is 140 g/mol. The van der Waals surface area contributed by atoms with E-state index in [0.717, 1.165) is 6.42 Å². The fourth-order valence-electron chi connectivity index (χ4n) is 1.30. The first kappa shape index (κ1) is 8.97. The van der Waals surface area contributed by atoms with Crippen LogP contribution in [0.3, 0.4) is 0 Å². The molecule has 1 heterocycles. The molecule has 1 fully saturated rings. The van der Waals surface area contributed by atoms with Gasteiger partial charge in [0.25, 0.3) is 0 Å². The molecule has 0 aromatic heterocycles. The first-order valence-electron chi connectivity index (χ1n) is 4.08. The van der Waals surface area contributed by atoms with E-state index in [1.807, 2.05) is 7.05 Å². The lowest BCUT2D eigenvalue weighted by Gasteiger charge is -2.26. The van der Waals surface area contributed by atoms with E-state index in [1.54, 1.807) is 5.01 Å². The van der Waals surface area contributed by atoms with Gasteiger partial charge in [0.15, 0.2) is 0 Å². The van der Waals surface area contributed by atoms with E-state index < -0.39 is 0 Å². The van der Waals surface area contributed by atoms with E-state index in [1.165, 1.54) is 0 Å². The second kappa shape index (κ2) is 2.73. The van der Waals surface area contributed by atoms with Gasteiger partial charge in [0, 0.05) is 19.5 Å². The fraction of sp³-hybridized carbons (Fsp3) is 1.00. The van der Waals surface area contributed by atoms with E-state index in [9.17, 15) is 5.11 Å². The van der Waals surface area contributed by atoms with Crippen molar-refractivity contribution >= 4 is 0 Å². The van der Waals surface area contributed by atoms with Gasteiger partial charge >= 0.3 is 0 Å². The van der Waals surface area contributed by atoms with Crippen molar-refractivity contribution in [2.24, 2.45) is 5.41 Å². The molecule has 11 heavy (non-hydrogen) atoms. The van der Waals surface area contributed by atoms with Gasteiger partial charge in [0.05, 0.1) is 0 Å². The van der Waals surface area contributed by atoms with E-state index in [2.05, 4.69) is 26.2 Å². The lowest BCUT2D eigenvalue weighted by molar-refractivity contribution is 0.0319. The quantitative estimate of drug-likeness (QED) is 0.540. The van der Waals surface area contributed by atoms with E-state index >= 15 is 0 Å². The van der Waals surface area contributed by atoms with Crippen molar-refractivity contribution in [2.45, 2.75) is 39.5 Å². The molecule has 1 aliphatic heterocycles. The lowest BCUT2D eigenvalue weighted by Crippen LogP contribution is -2.41. The van der Waals surface area contributed by atoms with Crippen molar-refractivity contribution in [3.05, 3.63) is 0 Å². The molecule has 0 spiro atoms. The maximum Gasteiger partial charge on any atom is 0.121 e. The molecule has 3 nitrogen and oxygen atoms in total. The van der Waals surface area contributed by atoms with Crippen LogP contribution in [0.2, 0.25) is 0 Å². The van der Waals surface area contributed by atoms with Crippen LogP contribution in [-0.2, 0) is 0 Å². The highest BCUT2D eigenvalue weighted by Crippen LogP contribution is 2.27. The molecule has 0 aromatic carbocycles. The SMILES string of the molecule is CN1NC(C(C)(C)C)CC1O. The summed E-state index contributed by atoms with van der Waals surface area (Å²) in [5.41, 5.74) is 3.45. The topological polar surface area (TPSA) is 35.5 Å². The Morgan fingerprint density at radius 1 is 1.45 bits per heavy atom. The number of nitrogens with one attached hydrogen (secondary N) is 1. The Bertz CT molecular complexity index is 132. The summed E-state index contributed by atoms with van der Waals surface area (Å²) in [5.74, 6) is 0. The van der Waals surface area contributed by atoms with Gasteiger partial charge in [0.1, 0.15) is 6.23 Å². The van der Waals surface area contributed by atoms with Gasteiger partial charge in [-0.3, -0.25) is 0 Å². The van der Waals surface area contributed by atoms with Crippen LogP contribution in [-0.4, -0.2) is 29.4 Å². The summed E-state index contributed by atoms with van der Waals surface area (Å²) < 4.78 is 0. The molecule has 2 atom stereocenters. The van der Waals surface area contributed by atoms with Gasteiger partial charge < -0.3 is 5.11 Å². The van der Waals surface area contributed by atoms with Gasteiger partial charge in [-0.05, 0) is 5.41 Å². The zero-order valence-corrected chi connectivity index (χ0v) is 7.76. The molecule has 0 aliphatic carbocycles. The van der Waals surface area contributed by atoms with Crippen LogP contribution in [0.4, 0.5) is 0 Å². The molecule has 0 bridgehead atoms. The average molecular weight is 158 g/mol. The number of hydrogen-bond donors (Lipinski definition) is 2. The standard InChI is InChI=1S/C8H18N2O/c1-8(2,3)6-5-7(11)10(4)9-6/h6-7,9,11H,5H2,1-4H3. The summed E-state index contributed by atoms with van der Waals surface area (Å²) in [5, 5.41) is 11.2. The first-order valence-corrected chi connectivity index (χ1v) is 4.08. The van der Waals surface area contributed by atoms with E-state index in [0.29, 0.717) is 6.04 Å². The molecule has 3 heteroatoms. The lowest BCUT2D eigenvalue weighted by atomic mass is 9.86. The molecule has 0 saturated carbocycles. The summed E-state index contributed by atoms with van der Waals surface area (Å²) >= 11 is 0. The number of rotatable bonds is 0. The first-order chi connectivity index (χ1) is 4.91. The van der Waals surface area contributed by atoms with Gasteiger partial charge in [-0.25, -0.2) is 10.4 Å². The number of aliphatic hydroxyl groups excluding tert-OH is 1. The molecule has 2 unspecified atom stereocenters. The Labute approximate surface area is 68.4 Å².